The Labute approximate surface area is 98.3 Å². The number of hydrogen-bond acceptors (Lipinski definition) is 3. The second-order valence-electron chi connectivity index (χ2n) is 3.00. The number of unbranched alkanes of at least 4 members (excludes halogenated alkanes) is 1. The van der Waals surface area contributed by atoms with Crippen molar-refractivity contribution in [3.63, 3.8) is 0 Å². The van der Waals surface area contributed by atoms with Crippen molar-refractivity contribution in [1.29, 1.82) is 0 Å². The first kappa shape index (κ1) is 12.3. The summed E-state index contributed by atoms with van der Waals surface area (Å²) in [7, 11) is 0. The van der Waals surface area contributed by atoms with E-state index in [0.29, 0.717) is 19.4 Å². The zero-order valence-electron chi connectivity index (χ0n) is 8.48. The molecule has 0 aliphatic heterocycles. The van der Waals surface area contributed by atoms with Crippen molar-refractivity contribution in [3.05, 3.63) is 33.3 Å². The average molecular weight is 240 g/mol. The Bertz CT molecular complexity index is 426. The molecule has 84 valence electrons. The van der Waals surface area contributed by atoms with E-state index in [4.69, 9.17) is 22.8 Å². The Balaban J connectivity index is 2.77. The van der Waals surface area contributed by atoms with E-state index in [2.05, 4.69) is 5.92 Å². The third-order valence-corrected chi connectivity index (χ3v) is 2.15. The molecule has 0 atom stereocenters. The van der Waals surface area contributed by atoms with Gasteiger partial charge in [0.05, 0.1) is 16.6 Å². The van der Waals surface area contributed by atoms with Gasteiger partial charge in [0.25, 0.3) is 0 Å². The van der Waals surface area contributed by atoms with Crippen LogP contribution in [0.15, 0.2) is 18.2 Å². The summed E-state index contributed by atoms with van der Waals surface area (Å²) in [4.78, 5) is 10.2. The SMILES string of the molecule is C#CCCCOc1c(Cl)cccc1[N+](=O)[O-]. The molecular weight excluding hydrogens is 230 g/mol. The van der Waals surface area contributed by atoms with E-state index >= 15 is 0 Å². The van der Waals surface area contributed by atoms with Crippen LogP contribution in [-0.4, -0.2) is 11.5 Å². The second kappa shape index (κ2) is 5.99. The molecule has 0 radical (unpaired) electrons. The molecule has 5 heteroatoms. The molecule has 16 heavy (non-hydrogen) atoms. The molecule has 0 saturated carbocycles. The Morgan fingerprint density at radius 2 is 2.31 bits per heavy atom. The lowest BCUT2D eigenvalue weighted by Crippen LogP contribution is -2.00. The lowest BCUT2D eigenvalue weighted by atomic mass is 10.3. The number of benzene rings is 1. The van der Waals surface area contributed by atoms with Gasteiger partial charge in [0, 0.05) is 12.5 Å². The number of rotatable bonds is 5. The van der Waals surface area contributed by atoms with Gasteiger partial charge >= 0.3 is 5.69 Å². The van der Waals surface area contributed by atoms with Crippen molar-refractivity contribution in [1.82, 2.24) is 0 Å². The lowest BCUT2D eigenvalue weighted by molar-refractivity contribution is -0.385. The fourth-order valence-corrected chi connectivity index (χ4v) is 1.36. The summed E-state index contributed by atoms with van der Waals surface area (Å²) >= 11 is 5.82. The second-order valence-corrected chi connectivity index (χ2v) is 3.41. The molecule has 0 bridgehead atoms. The smallest absolute Gasteiger partial charge is 0.312 e. The average Bonchev–Trinajstić information content (AvgIpc) is 2.25. The predicted octanol–water partition coefficient (Wildman–Crippen LogP) is 3.04. The van der Waals surface area contributed by atoms with Crippen LogP contribution >= 0.6 is 11.6 Å². The Kier molecular flexibility index (Phi) is 4.62. The molecule has 0 fully saturated rings. The lowest BCUT2D eigenvalue weighted by Gasteiger charge is -2.07. The van der Waals surface area contributed by atoms with Crippen molar-refractivity contribution in [2.24, 2.45) is 0 Å². The fraction of sp³-hybridized carbons (Fsp3) is 0.273. The number of halogens is 1. The highest BCUT2D eigenvalue weighted by molar-refractivity contribution is 6.32. The molecule has 0 unspecified atom stereocenters. The van der Waals surface area contributed by atoms with Crippen LogP contribution in [0.4, 0.5) is 5.69 Å². The van der Waals surface area contributed by atoms with E-state index in [9.17, 15) is 10.1 Å². The number of hydrogen-bond donors (Lipinski definition) is 0. The van der Waals surface area contributed by atoms with E-state index in [1.165, 1.54) is 12.1 Å². The van der Waals surface area contributed by atoms with E-state index in [1.54, 1.807) is 6.07 Å². The summed E-state index contributed by atoms with van der Waals surface area (Å²) in [5.74, 6) is 2.56. The van der Waals surface area contributed by atoms with Gasteiger partial charge < -0.3 is 4.74 Å². The first-order chi connectivity index (χ1) is 7.66. The third kappa shape index (κ3) is 3.14. The van der Waals surface area contributed by atoms with Crippen molar-refractivity contribution in [3.8, 4) is 18.1 Å². The highest BCUT2D eigenvalue weighted by atomic mass is 35.5. The van der Waals surface area contributed by atoms with Crippen molar-refractivity contribution in [2.45, 2.75) is 12.8 Å². The van der Waals surface area contributed by atoms with Gasteiger partial charge in [-0.1, -0.05) is 17.7 Å². The highest BCUT2D eigenvalue weighted by Gasteiger charge is 2.17. The molecule has 1 aromatic carbocycles. The summed E-state index contributed by atoms with van der Waals surface area (Å²) in [6, 6.07) is 4.40. The van der Waals surface area contributed by atoms with Crippen LogP contribution in [0.1, 0.15) is 12.8 Å². The van der Waals surface area contributed by atoms with Crippen molar-refractivity contribution >= 4 is 17.3 Å². The summed E-state index contributed by atoms with van der Waals surface area (Å²) in [5, 5.41) is 10.9. The molecule has 0 aliphatic rings. The monoisotopic (exact) mass is 239 g/mol. The van der Waals surface area contributed by atoms with Gasteiger partial charge in [0.1, 0.15) is 0 Å². The van der Waals surface area contributed by atoms with E-state index in [-0.39, 0.29) is 16.5 Å². The Hall–Kier alpha value is -1.73. The summed E-state index contributed by atoms with van der Waals surface area (Å²) < 4.78 is 5.26. The summed E-state index contributed by atoms with van der Waals surface area (Å²) in [6.45, 7) is 0.314. The topological polar surface area (TPSA) is 52.4 Å². The van der Waals surface area contributed by atoms with E-state index in [0.717, 1.165) is 0 Å². The number of terminal acetylenes is 1. The molecule has 1 aromatic rings. The van der Waals surface area contributed by atoms with Crippen LogP contribution in [0.25, 0.3) is 0 Å². The van der Waals surface area contributed by atoms with Gasteiger partial charge in [0.15, 0.2) is 0 Å². The Morgan fingerprint density at radius 1 is 1.56 bits per heavy atom. The zero-order valence-corrected chi connectivity index (χ0v) is 9.24. The first-order valence-corrected chi connectivity index (χ1v) is 5.03. The Morgan fingerprint density at radius 3 is 2.94 bits per heavy atom. The molecule has 0 aromatic heterocycles. The largest absolute Gasteiger partial charge is 0.486 e. The maximum atomic E-state index is 10.7. The third-order valence-electron chi connectivity index (χ3n) is 1.85. The fourth-order valence-electron chi connectivity index (χ4n) is 1.13. The standard InChI is InChI=1S/C11H10ClNO3/c1-2-3-4-8-16-11-9(12)6-5-7-10(11)13(14)15/h1,5-7H,3-4,8H2. The minimum absolute atomic E-state index is 0.103. The summed E-state index contributed by atoms with van der Waals surface area (Å²) in [5.41, 5.74) is -0.131. The molecule has 0 saturated heterocycles. The van der Waals surface area contributed by atoms with Gasteiger partial charge in [-0.05, 0) is 12.5 Å². The number of nitro groups is 1. The molecule has 0 spiro atoms. The van der Waals surface area contributed by atoms with E-state index < -0.39 is 4.92 Å². The van der Waals surface area contributed by atoms with Gasteiger partial charge in [-0.2, -0.15) is 0 Å². The molecular formula is C11H10ClNO3. The van der Waals surface area contributed by atoms with Crippen molar-refractivity contribution in [2.75, 3.05) is 6.61 Å². The number of nitrogens with zero attached hydrogens (tertiary/aromatic N) is 1. The highest BCUT2D eigenvalue weighted by Crippen LogP contribution is 2.34. The van der Waals surface area contributed by atoms with Crippen LogP contribution in [-0.2, 0) is 0 Å². The minimum Gasteiger partial charge on any atom is -0.486 e. The van der Waals surface area contributed by atoms with Crippen LogP contribution in [0.2, 0.25) is 5.02 Å². The molecule has 1 rings (SSSR count). The van der Waals surface area contributed by atoms with Gasteiger partial charge in [-0.3, -0.25) is 10.1 Å². The number of ether oxygens (including phenoxy) is 1. The van der Waals surface area contributed by atoms with Crippen LogP contribution in [0.5, 0.6) is 5.75 Å². The molecule has 0 aliphatic carbocycles. The normalized spacial score (nSPS) is 9.50. The van der Waals surface area contributed by atoms with Gasteiger partial charge in [0.2, 0.25) is 5.75 Å². The number of nitro benzene ring substituents is 1. The first-order valence-electron chi connectivity index (χ1n) is 4.66. The number of para-hydroxylation sites is 1. The summed E-state index contributed by atoms with van der Waals surface area (Å²) in [6.07, 6.45) is 6.28. The van der Waals surface area contributed by atoms with Gasteiger partial charge in [-0.25, -0.2) is 0 Å². The van der Waals surface area contributed by atoms with E-state index in [1.807, 2.05) is 0 Å². The van der Waals surface area contributed by atoms with Gasteiger partial charge in [-0.15, -0.1) is 12.3 Å². The zero-order chi connectivity index (χ0) is 12.0. The van der Waals surface area contributed by atoms with Crippen LogP contribution in [0.3, 0.4) is 0 Å². The molecule has 0 N–H and O–H groups in total. The van der Waals surface area contributed by atoms with Crippen LogP contribution in [0, 0.1) is 22.5 Å². The molecule has 4 nitrogen and oxygen atoms in total. The quantitative estimate of drug-likeness (QED) is 0.343. The molecule has 0 heterocycles. The minimum atomic E-state index is -0.525. The predicted molar refractivity (Wildman–Crippen MR) is 61.7 cm³/mol. The molecule has 0 amide bonds. The maximum absolute atomic E-state index is 10.7. The van der Waals surface area contributed by atoms with Crippen LogP contribution < -0.4 is 4.74 Å². The maximum Gasteiger partial charge on any atom is 0.312 e. The van der Waals surface area contributed by atoms with Crippen molar-refractivity contribution < 1.29 is 9.66 Å².